The molecule has 0 saturated heterocycles. The minimum Gasteiger partial charge on any atom is -0.323 e. The van der Waals surface area contributed by atoms with Gasteiger partial charge in [-0.1, -0.05) is 53.6 Å². The Morgan fingerprint density at radius 3 is 2.61 bits per heavy atom. The maximum Gasteiger partial charge on any atom is 0.243 e. The molecule has 4 aromatic rings. The van der Waals surface area contributed by atoms with E-state index >= 15 is 0 Å². The van der Waals surface area contributed by atoms with Crippen molar-refractivity contribution in [2.24, 2.45) is 4.99 Å². The number of para-hydroxylation sites is 1. The van der Waals surface area contributed by atoms with Crippen molar-refractivity contribution in [3.63, 3.8) is 0 Å². The van der Waals surface area contributed by atoms with Crippen LogP contribution in [0.15, 0.2) is 76.7 Å². The maximum absolute atomic E-state index is 13.5. The molecule has 33 heavy (non-hydrogen) atoms. The second kappa shape index (κ2) is 8.65. The number of rotatable bonds is 3. The van der Waals surface area contributed by atoms with Crippen LogP contribution in [0.1, 0.15) is 18.1 Å². The largest absolute Gasteiger partial charge is 0.323 e. The molecule has 4 nitrogen and oxygen atoms in total. The highest BCUT2D eigenvalue weighted by Gasteiger charge is 2.28. The van der Waals surface area contributed by atoms with Gasteiger partial charge in [0.1, 0.15) is 5.25 Å². The minimum absolute atomic E-state index is 0.130. The van der Waals surface area contributed by atoms with Gasteiger partial charge in [0.2, 0.25) is 5.91 Å². The van der Waals surface area contributed by atoms with Crippen LogP contribution in [0, 0.1) is 13.8 Å². The fourth-order valence-electron chi connectivity index (χ4n) is 4.26. The Labute approximate surface area is 202 Å². The van der Waals surface area contributed by atoms with Gasteiger partial charge in [0.15, 0.2) is 0 Å². The predicted octanol–water partition coefficient (Wildman–Crippen LogP) is 7.38. The zero-order valence-electron chi connectivity index (χ0n) is 18.5. The molecule has 2 heterocycles. The molecule has 5 rings (SSSR count). The lowest BCUT2D eigenvalue weighted by atomic mass is 9.96. The highest BCUT2D eigenvalue weighted by atomic mass is 35.5. The number of aromatic nitrogens is 1. The highest BCUT2D eigenvalue weighted by molar-refractivity contribution is 8.01. The third-order valence-electron chi connectivity index (χ3n) is 5.73. The fraction of sp³-hybridized carbons (Fsp3) is 0.148. The molecule has 0 saturated carbocycles. The number of fused-ring (bicyclic) bond motifs is 2. The third-order valence-corrected chi connectivity index (χ3v) is 7.45. The third kappa shape index (κ3) is 4.03. The number of anilines is 1. The summed E-state index contributed by atoms with van der Waals surface area (Å²) in [7, 11) is 0. The number of aryl methyl sites for hydroxylation is 2. The van der Waals surface area contributed by atoms with Crippen molar-refractivity contribution in [3.8, 4) is 11.1 Å². The molecule has 1 aliphatic heterocycles. The molecule has 1 amide bonds. The van der Waals surface area contributed by atoms with Crippen LogP contribution in [-0.4, -0.2) is 21.9 Å². The minimum atomic E-state index is -0.422. The zero-order chi connectivity index (χ0) is 23.1. The van der Waals surface area contributed by atoms with Crippen LogP contribution in [0.4, 0.5) is 11.4 Å². The molecule has 164 valence electrons. The van der Waals surface area contributed by atoms with E-state index in [0.29, 0.717) is 10.7 Å². The SMILES string of the molecule is CC1=Nc2ccccc2SC1C(=O)Nc1cnc2c(C)cc(C)cc2c1-c1ccccc1Cl. The molecular formula is C27H22ClN3OS. The average molecular weight is 472 g/mol. The van der Waals surface area contributed by atoms with E-state index in [4.69, 9.17) is 16.6 Å². The Balaban J connectivity index is 1.61. The van der Waals surface area contributed by atoms with E-state index in [-0.39, 0.29) is 5.91 Å². The number of thioether (sulfide) groups is 1. The van der Waals surface area contributed by atoms with E-state index in [2.05, 4.69) is 29.4 Å². The van der Waals surface area contributed by atoms with Gasteiger partial charge in [0, 0.05) is 32.1 Å². The fourth-order valence-corrected chi connectivity index (χ4v) is 5.53. The molecule has 0 spiro atoms. The van der Waals surface area contributed by atoms with Crippen molar-refractivity contribution in [2.45, 2.75) is 30.9 Å². The van der Waals surface area contributed by atoms with E-state index in [1.807, 2.05) is 62.4 Å². The Hall–Kier alpha value is -3.15. The standard InChI is InChI=1S/C27H22ClN3OS/c1-15-12-16(2)25-19(13-15)24(18-8-4-5-9-20(18)28)22(14-29-25)31-27(32)26-17(3)30-21-10-6-7-11-23(21)33-26/h4-14,26H,1-3H3,(H,31,32). The summed E-state index contributed by atoms with van der Waals surface area (Å²) in [5.41, 5.74) is 7.15. The number of nitrogens with one attached hydrogen (secondary N) is 1. The highest BCUT2D eigenvalue weighted by Crippen LogP contribution is 2.41. The van der Waals surface area contributed by atoms with Crippen LogP contribution in [-0.2, 0) is 4.79 Å². The number of carbonyl (C=O) groups is 1. The smallest absolute Gasteiger partial charge is 0.243 e. The molecule has 3 aromatic carbocycles. The van der Waals surface area contributed by atoms with Gasteiger partial charge >= 0.3 is 0 Å². The molecule has 0 radical (unpaired) electrons. The Kier molecular flexibility index (Phi) is 5.69. The molecule has 6 heteroatoms. The van der Waals surface area contributed by atoms with Gasteiger partial charge in [0.05, 0.1) is 23.1 Å². The van der Waals surface area contributed by atoms with Crippen LogP contribution in [0.5, 0.6) is 0 Å². The lowest BCUT2D eigenvalue weighted by Crippen LogP contribution is -2.32. The lowest BCUT2D eigenvalue weighted by Gasteiger charge is -2.23. The number of hydrogen-bond acceptors (Lipinski definition) is 4. The topological polar surface area (TPSA) is 54.4 Å². The normalized spacial score (nSPS) is 15.2. The van der Waals surface area contributed by atoms with Crippen LogP contribution < -0.4 is 5.32 Å². The van der Waals surface area contributed by atoms with Gasteiger partial charge in [-0.15, -0.1) is 11.8 Å². The van der Waals surface area contributed by atoms with Crippen LogP contribution in [0.2, 0.25) is 5.02 Å². The Morgan fingerprint density at radius 2 is 1.79 bits per heavy atom. The second-order valence-corrected chi connectivity index (χ2v) is 9.77. The number of nitrogens with zero attached hydrogens (tertiary/aromatic N) is 2. The second-order valence-electron chi connectivity index (χ2n) is 8.21. The summed E-state index contributed by atoms with van der Waals surface area (Å²) in [5.74, 6) is -0.130. The number of benzene rings is 3. The van der Waals surface area contributed by atoms with E-state index < -0.39 is 5.25 Å². The van der Waals surface area contributed by atoms with Gasteiger partial charge in [-0.3, -0.25) is 14.8 Å². The number of hydrogen-bond donors (Lipinski definition) is 1. The summed E-state index contributed by atoms with van der Waals surface area (Å²) in [6.45, 7) is 6.00. The van der Waals surface area contributed by atoms with E-state index in [9.17, 15) is 4.79 Å². The molecule has 0 fully saturated rings. The van der Waals surface area contributed by atoms with E-state index in [1.54, 1.807) is 6.20 Å². The molecule has 0 bridgehead atoms. The first-order chi connectivity index (χ1) is 15.9. The van der Waals surface area contributed by atoms with Crippen molar-refractivity contribution in [2.75, 3.05) is 5.32 Å². The summed E-state index contributed by atoms with van der Waals surface area (Å²) in [4.78, 5) is 23.8. The first kappa shape index (κ1) is 21.7. The Morgan fingerprint density at radius 1 is 1.03 bits per heavy atom. The summed E-state index contributed by atoms with van der Waals surface area (Å²) >= 11 is 8.14. The summed E-state index contributed by atoms with van der Waals surface area (Å²) in [5, 5.41) is 4.30. The van der Waals surface area contributed by atoms with Gasteiger partial charge in [-0.2, -0.15) is 0 Å². The summed E-state index contributed by atoms with van der Waals surface area (Å²) in [6.07, 6.45) is 1.73. The Bertz CT molecular complexity index is 1450. The molecule has 1 N–H and O–H groups in total. The van der Waals surface area contributed by atoms with Gasteiger partial charge in [-0.05, 0) is 50.6 Å². The number of halogens is 1. The average Bonchev–Trinajstić information content (AvgIpc) is 2.79. The van der Waals surface area contributed by atoms with Gasteiger partial charge in [-0.25, -0.2) is 0 Å². The molecule has 1 aliphatic rings. The first-order valence-electron chi connectivity index (χ1n) is 10.7. The molecular weight excluding hydrogens is 450 g/mol. The zero-order valence-corrected chi connectivity index (χ0v) is 20.1. The molecule has 1 atom stereocenters. The van der Waals surface area contributed by atoms with Gasteiger partial charge in [0.25, 0.3) is 0 Å². The molecule has 1 unspecified atom stereocenters. The lowest BCUT2D eigenvalue weighted by molar-refractivity contribution is -0.114. The summed E-state index contributed by atoms with van der Waals surface area (Å²) in [6, 6.07) is 19.8. The van der Waals surface area contributed by atoms with Crippen molar-refractivity contribution in [1.29, 1.82) is 0 Å². The van der Waals surface area contributed by atoms with E-state index in [0.717, 1.165) is 49.5 Å². The number of amides is 1. The van der Waals surface area contributed by atoms with Crippen molar-refractivity contribution in [1.82, 2.24) is 4.98 Å². The molecule has 0 aliphatic carbocycles. The number of carbonyl (C=O) groups excluding carboxylic acids is 1. The first-order valence-corrected chi connectivity index (χ1v) is 11.9. The van der Waals surface area contributed by atoms with Crippen LogP contribution in [0.25, 0.3) is 22.0 Å². The van der Waals surface area contributed by atoms with Crippen molar-refractivity contribution in [3.05, 3.63) is 83.0 Å². The maximum atomic E-state index is 13.5. The molecule has 1 aromatic heterocycles. The van der Waals surface area contributed by atoms with Crippen LogP contribution >= 0.6 is 23.4 Å². The van der Waals surface area contributed by atoms with Crippen molar-refractivity contribution < 1.29 is 4.79 Å². The predicted molar refractivity (Wildman–Crippen MR) is 139 cm³/mol. The summed E-state index contributed by atoms with van der Waals surface area (Å²) < 4.78 is 0. The number of aliphatic imine (C=N–C) groups is 1. The monoisotopic (exact) mass is 471 g/mol. The quantitative estimate of drug-likeness (QED) is 0.339. The van der Waals surface area contributed by atoms with Gasteiger partial charge < -0.3 is 5.32 Å². The van der Waals surface area contributed by atoms with Crippen LogP contribution in [0.3, 0.4) is 0 Å². The number of pyridine rings is 1. The van der Waals surface area contributed by atoms with Crippen molar-refractivity contribution >= 4 is 57.3 Å². The van der Waals surface area contributed by atoms with E-state index in [1.165, 1.54) is 11.8 Å².